The maximum atomic E-state index is 13.1. The summed E-state index contributed by atoms with van der Waals surface area (Å²) >= 11 is 5.71. The van der Waals surface area contributed by atoms with Gasteiger partial charge in [-0.3, -0.25) is 4.72 Å². The van der Waals surface area contributed by atoms with Crippen LogP contribution in [0.3, 0.4) is 0 Å². The molecular formula is C15H17ClFN3O2S. The first kappa shape index (κ1) is 17.5. The second kappa shape index (κ2) is 7.61. The summed E-state index contributed by atoms with van der Waals surface area (Å²) in [5, 5.41) is 3.02. The van der Waals surface area contributed by atoms with E-state index in [0.29, 0.717) is 17.8 Å². The maximum Gasteiger partial charge on any atom is 0.233 e. The van der Waals surface area contributed by atoms with Crippen LogP contribution in [0.5, 0.6) is 0 Å². The quantitative estimate of drug-likeness (QED) is 0.780. The Morgan fingerprint density at radius 1 is 1.22 bits per heavy atom. The molecule has 1 aromatic carbocycles. The first-order chi connectivity index (χ1) is 10.9. The van der Waals surface area contributed by atoms with Gasteiger partial charge in [0.15, 0.2) is 0 Å². The molecule has 0 amide bonds. The highest BCUT2D eigenvalue weighted by Gasteiger charge is 2.10. The number of halogens is 2. The smallest absolute Gasteiger partial charge is 0.233 e. The lowest BCUT2D eigenvalue weighted by Gasteiger charge is -2.09. The molecule has 0 spiro atoms. The highest BCUT2D eigenvalue weighted by Crippen LogP contribution is 2.23. The van der Waals surface area contributed by atoms with Gasteiger partial charge in [-0.25, -0.2) is 17.8 Å². The van der Waals surface area contributed by atoms with Gasteiger partial charge in [0.05, 0.1) is 22.7 Å². The van der Waals surface area contributed by atoms with Crippen LogP contribution in [0.4, 0.5) is 21.6 Å². The van der Waals surface area contributed by atoms with E-state index in [4.69, 9.17) is 11.6 Å². The van der Waals surface area contributed by atoms with Crippen molar-refractivity contribution in [3.8, 4) is 0 Å². The number of sulfonamides is 1. The van der Waals surface area contributed by atoms with Crippen molar-refractivity contribution in [1.82, 2.24) is 4.98 Å². The molecule has 124 valence electrons. The predicted octanol–water partition coefficient (Wildman–Crippen LogP) is 4.16. The molecule has 2 rings (SSSR count). The van der Waals surface area contributed by atoms with Gasteiger partial charge in [-0.15, -0.1) is 0 Å². The van der Waals surface area contributed by atoms with E-state index in [9.17, 15) is 12.8 Å². The molecule has 5 nitrogen and oxygen atoms in total. The molecule has 0 aliphatic rings. The first-order valence-corrected chi connectivity index (χ1v) is 9.11. The molecule has 2 aromatic rings. The van der Waals surface area contributed by atoms with Gasteiger partial charge in [-0.1, -0.05) is 24.9 Å². The van der Waals surface area contributed by atoms with Crippen molar-refractivity contribution < 1.29 is 12.8 Å². The van der Waals surface area contributed by atoms with Gasteiger partial charge in [0, 0.05) is 5.69 Å². The lowest BCUT2D eigenvalue weighted by molar-refractivity contribution is 0.597. The van der Waals surface area contributed by atoms with E-state index in [1.54, 1.807) is 18.2 Å². The second-order valence-electron chi connectivity index (χ2n) is 4.96. The average Bonchev–Trinajstić information content (AvgIpc) is 2.51. The number of hydrogen-bond acceptors (Lipinski definition) is 4. The van der Waals surface area contributed by atoms with Crippen molar-refractivity contribution in [2.24, 2.45) is 0 Å². The molecule has 0 saturated carbocycles. The van der Waals surface area contributed by atoms with Crippen LogP contribution in [0, 0.1) is 5.82 Å². The Bertz CT molecular complexity index is 767. The Morgan fingerprint density at radius 3 is 2.57 bits per heavy atom. The minimum absolute atomic E-state index is 0.0169. The lowest BCUT2D eigenvalue weighted by atomic mass is 10.3. The van der Waals surface area contributed by atoms with Crippen molar-refractivity contribution in [2.75, 3.05) is 15.8 Å². The number of pyridine rings is 1. The Hall–Kier alpha value is -1.86. The summed E-state index contributed by atoms with van der Waals surface area (Å²) in [4.78, 5) is 4.05. The summed E-state index contributed by atoms with van der Waals surface area (Å²) in [6.45, 7) is 1.93. The summed E-state index contributed by atoms with van der Waals surface area (Å²) in [6.07, 6.45) is 2.88. The summed E-state index contributed by atoms with van der Waals surface area (Å²) in [7, 11) is -3.37. The highest BCUT2D eigenvalue weighted by atomic mass is 35.5. The molecule has 0 unspecified atom stereocenters. The molecule has 0 radical (unpaired) electrons. The van der Waals surface area contributed by atoms with Crippen molar-refractivity contribution in [3.63, 3.8) is 0 Å². The first-order valence-electron chi connectivity index (χ1n) is 7.08. The van der Waals surface area contributed by atoms with Gasteiger partial charge in [0.2, 0.25) is 10.0 Å². The van der Waals surface area contributed by atoms with Gasteiger partial charge in [0.1, 0.15) is 11.6 Å². The fourth-order valence-electron chi connectivity index (χ4n) is 1.81. The molecule has 0 saturated heterocycles. The Kier molecular flexibility index (Phi) is 5.79. The molecular weight excluding hydrogens is 341 g/mol. The molecule has 2 N–H and O–H groups in total. The number of nitrogens with zero attached hydrogens (tertiary/aromatic N) is 1. The maximum absolute atomic E-state index is 13.1. The van der Waals surface area contributed by atoms with Gasteiger partial charge < -0.3 is 5.32 Å². The standard InChI is InChI=1S/C15H17ClFN3O2S/c1-2-3-8-23(21,22)20-15-7-5-12(10-18-15)19-11-4-6-14(17)13(16)9-11/h4-7,9-10,19H,2-3,8H2,1H3,(H,18,20). The van der Waals surface area contributed by atoms with E-state index in [1.165, 1.54) is 18.3 Å². The van der Waals surface area contributed by atoms with Crippen molar-refractivity contribution >= 4 is 38.8 Å². The summed E-state index contributed by atoms with van der Waals surface area (Å²) in [5.41, 5.74) is 1.23. The Labute approximate surface area is 139 Å². The number of anilines is 3. The van der Waals surface area contributed by atoms with Crippen LogP contribution in [0.2, 0.25) is 5.02 Å². The summed E-state index contributed by atoms with van der Waals surface area (Å²) in [5.74, 6) is -0.171. The molecule has 1 aromatic heterocycles. The van der Waals surface area contributed by atoms with Crippen LogP contribution in [0.1, 0.15) is 19.8 Å². The molecule has 0 fully saturated rings. The number of aromatic nitrogens is 1. The molecule has 23 heavy (non-hydrogen) atoms. The normalized spacial score (nSPS) is 11.3. The van der Waals surface area contributed by atoms with Crippen LogP contribution < -0.4 is 10.0 Å². The fourth-order valence-corrected chi connectivity index (χ4v) is 3.20. The van der Waals surface area contributed by atoms with Gasteiger partial charge in [-0.05, 0) is 36.8 Å². The molecule has 0 aliphatic heterocycles. The van der Waals surface area contributed by atoms with E-state index in [1.807, 2.05) is 6.92 Å². The number of rotatable bonds is 7. The van der Waals surface area contributed by atoms with Crippen LogP contribution in [-0.4, -0.2) is 19.2 Å². The molecule has 0 bridgehead atoms. The lowest BCUT2D eigenvalue weighted by Crippen LogP contribution is -2.17. The molecule has 0 aliphatic carbocycles. The molecule has 0 atom stereocenters. The van der Waals surface area contributed by atoms with Crippen LogP contribution >= 0.6 is 11.6 Å². The highest BCUT2D eigenvalue weighted by molar-refractivity contribution is 7.92. The summed E-state index contributed by atoms with van der Waals surface area (Å²) < 4.78 is 39.1. The Balaban J connectivity index is 2.03. The van der Waals surface area contributed by atoms with Crippen molar-refractivity contribution in [1.29, 1.82) is 0 Å². The van der Waals surface area contributed by atoms with Crippen molar-refractivity contribution in [2.45, 2.75) is 19.8 Å². The third-order valence-electron chi connectivity index (χ3n) is 3.00. The minimum Gasteiger partial charge on any atom is -0.354 e. The number of hydrogen-bond donors (Lipinski definition) is 2. The van der Waals surface area contributed by atoms with E-state index in [-0.39, 0.29) is 16.6 Å². The SMILES string of the molecule is CCCCS(=O)(=O)Nc1ccc(Nc2ccc(F)c(Cl)c2)cn1. The molecule has 1 heterocycles. The molecule has 8 heteroatoms. The monoisotopic (exact) mass is 357 g/mol. The van der Waals surface area contributed by atoms with E-state index < -0.39 is 15.8 Å². The second-order valence-corrected chi connectivity index (χ2v) is 7.21. The van der Waals surface area contributed by atoms with E-state index >= 15 is 0 Å². The zero-order valence-electron chi connectivity index (χ0n) is 12.5. The van der Waals surface area contributed by atoms with Gasteiger partial charge in [0.25, 0.3) is 0 Å². The van der Waals surface area contributed by atoms with Crippen molar-refractivity contribution in [3.05, 3.63) is 47.4 Å². The van der Waals surface area contributed by atoms with Gasteiger partial charge >= 0.3 is 0 Å². The zero-order valence-corrected chi connectivity index (χ0v) is 14.1. The minimum atomic E-state index is -3.37. The van der Waals surface area contributed by atoms with E-state index in [0.717, 1.165) is 6.42 Å². The number of benzene rings is 1. The number of unbranched alkanes of at least 4 members (excludes halogenated alkanes) is 1. The fraction of sp³-hybridized carbons (Fsp3) is 0.267. The zero-order chi connectivity index (χ0) is 16.9. The topological polar surface area (TPSA) is 71.1 Å². The van der Waals surface area contributed by atoms with Crippen LogP contribution in [0.15, 0.2) is 36.5 Å². The Morgan fingerprint density at radius 2 is 1.96 bits per heavy atom. The van der Waals surface area contributed by atoms with Gasteiger partial charge in [-0.2, -0.15) is 0 Å². The predicted molar refractivity (Wildman–Crippen MR) is 91.2 cm³/mol. The number of nitrogens with one attached hydrogen (secondary N) is 2. The average molecular weight is 358 g/mol. The largest absolute Gasteiger partial charge is 0.354 e. The van der Waals surface area contributed by atoms with Crippen LogP contribution in [0.25, 0.3) is 0 Å². The third kappa shape index (κ3) is 5.37. The summed E-state index contributed by atoms with van der Waals surface area (Å²) in [6, 6.07) is 7.48. The third-order valence-corrected chi connectivity index (χ3v) is 4.63. The van der Waals surface area contributed by atoms with Crippen LogP contribution in [-0.2, 0) is 10.0 Å². The van der Waals surface area contributed by atoms with E-state index in [2.05, 4.69) is 15.0 Å².